The molecule has 1 aliphatic heterocycles. The van der Waals surface area contributed by atoms with Crippen LogP contribution >= 0.6 is 0 Å². The number of hydrogen-bond donors (Lipinski definition) is 0. The Balaban J connectivity index is 1.54. The van der Waals surface area contributed by atoms with Gasteiger partial charge < -0.3 is 14.2 Å². The van der Waals surface area contributed by atoms with Crippen LogP contribution in [0.1, 0.15) is 91.5 Å². The summed E-state index contributed by atoms with van der Waals surface area (Å²) in [5, 5.41) is -0.945. The fourth-order valence-electron chi connectivity index (χ4n) is 11.1. The second-order valence-electron chi connectivity index (χ2n) is 15.0. The first-order valence-corrected chi connectivity index (χ1v) is 18.3. The van der Waals surface area contributed by atoms with Gasteiger partial charge in [0.05, 0.1) is 5.75 Å². The third kappa shape index (κ3) is 5.19. The lowest BCUT2D eigenvalue weighted by molar-refractivity contribution is -0.225. The van der Waals surface area contributed by atoms with E-state index in [1.807, 2.05) is 30.3 Å². The standard InChI is InChI=1S/C35H48O8S/c1-20-11-14-29(38)43-33-32(44(39,40)19-23-9-7-6-8-10-23)31-30(27-13-12-26(20)35(27,33)5)28(42-22(3)37)18-24-17-25(41-21(2)36)15-16-34(24,31)4/h6-10,20,24-28,30-33H,11-19H2,1-5H3/t20-,24+,25-,26-,27+,28-,30-,31-,32-,33+,34+,35-/m1/s1. The average Bonchev–Trinajstić information content (AvgIpc) is 3.29. The van der Waals surface area contributed by atoms with Crippen LogP contribution in [0.5, 0.6) is 0 Å². The van der Waals surface area contributed by atoms with E-state index in [9.17, 15) is 14.4 Å². The molecule has 6 rings (SSSR count). The molecular weight excluding hydrogens is 580 g/mol. The SMILES string of the molecule is CC(=O)O[C@@H]1CC[C@@]2(C)[C@@H](C1)C[C@@H](OC(C)=O)[C@@H]1[C@@H]2[C@@H](S(=O)(=O)Cc2ccccc2)[C@@H]2OC(=O)CC[C@@H](C)[C@H]3CC[C@@H]1[C@@]32C. The van der Waals surface area contributed by atoms with Gasteiger partial charge in [0.25, 0.3) is 0 Å². The third-order valence-corrected chi connectivity index (χ3v) is 14.9. The van der Waals surface area contributed by atoms with Crippen molar-refractivity contribution in [3.63, 3.8) is 0 Å². The van der Waals surface area contributed by atoms with Crippen molar-refractivity contribution in [1.29, 1.82) is 0 Å². The Morgan fingerprint density at radius 1 is 0.955 bits per heavy atom. The molecule has 5 aliphatic rings. The molecule has 1 heterocycles. The van der Waals surface area contributed by atoms with E-state index in [0.29, 0.717) is 31.2 Å². The van der Waals surface area contributed by atoms with Gasteiger partial charge in [-0.05, 0) is 85.5 Å². The molecule has 12 atom stereocenters. The Morgan fingerprint density at radius 3 is 2.32 bits per heavy atom. The molecule has 242 valence electrons. The quantitative estimate of drug-likeness (QED) is 0.303. The van der Waals surface area contributed by atoms with Crippen LogP contribution < -0.4 is 0 Å². The molecule has 0 spiro atoms. The fourth-order valence-corrected chi connectivity index (χ4v) is 13.6. The number of ether oxygens (including phenoxy) is 3. The first-order valence-electron chi connectivity index (χ1n) is 16.5. The zero-order valence-corrected chi connectivity index (χ0v) is 27.5. The van der Waals surface area contributed by atoms with Gasteiger partial charge in [0.1, 0.15) is 23.6 Å². The molecule has 0 amide bonds. The summed E-state index contributed by atoms with van der Waals surface area (Å²) < 4.78 is 48.3. The summed E-state index contributed by atoms with van der Waals surface area (Å²) in [7, 11) is -3.88. The Morgan fingerprint density at radius 2 is 1.64 bits per heavy atom. The average molecular weight is 629 g/mol. The summed E-state index contributed by atoms with van der Waals surface area (Å²) in [4.78, 5) is 38.0. The van der Waals surface area contributed by atoms with E-state index >= 15 is 8.42 Å². The molecule has 4 aliphatic carbocycles. The lowest BCUT2D eigenvalue weighted by atomic mass is 9.42. The van der Waals surface area contributed by atoms with Crippen molar-refractivity contribution in [3.8, 4) is 0 Å². The number of rotatable bonds is 5. The number of hydrogen-bond acceptors (Lipinski definition) is 8. The number of carbonyl (C=O) groups excluding carboxylic acids is 3. The molecule has 0 N–H and O–H groups in total. The van der Waals surface area contributed by atoms with E-state index in [4.69, 9.17) is 14.2 Å². The zero-order chi connectivity index (χ0) is 31.6. The van der Waals surface area contributed by atoms with Gasteiger partial charge in [0.15, 0.2) is 9.84 Å². The Hall–Kier alpha value is -2.42. The first kappa shape index (κ1) is 31.6. The lowest BCUT2D eigenvalue weighted by Gasteiger charge is -2.66. The predicted molar refractivity (Wildman–Crippen MR) is 164 cm³/mol. The minimum atomic E-state index is -3.88. The van der Waals surface area contributed by atoms with Crippen molar-refractivity contribution < 1.29 is 37.0 Å². The van der Waals surface area contributed by atoms with E-state index in [1.165, 1.54) is 13.8 Å². The van der Waals surface area contributed by atoms with E-state index in [1.54, 1.807) is 0 Å². The molecule has 44 heavy (non-hydrogen) atoms. The van der Waals surface area contributed by atoms with Gasteiger partial charge in [-0.3, -0.25) is 14.4 Å². The highest BCUT2D eigenvalue weighted by atomic mass is 32.2. The van der Waals surface area contributed by atoms with Gasteiger partial charge in [-0.15, -0.1) is 0 Å². The summed E-state index contributed by atoms with van der Waals surface area (Å²) >= 11 is 0. The number of fused-ring (bicyclic) bond motifs is 4. The molecule has 0 radical (unpaired) electrons. The summed E-state index contributed by atoms with van der Waals surface area (Å²) in [6, 6.07) is 9.24. The topological polar surface area (TPSA) is 113 Å². The Labute approximate surface area is 261 Å². The fraction of sp³-hybridized carbons (Fsp3) is 0.743. The molecule has 1 aromatic rings. The van der Waals surface area contributed by atoms with E-state index < -0.39 is 38.1 Å². The maximum atomic E-state index is 15.0. The van der Waals surface area contributed by atoms with Gasteiger partial charge in [-0.25, -0.2) is 8.42 Å². The Kier molecular flexibility index (Phi) is 8.20. The van der Waals surface area contributed by atoms with E-state index in [-0.39, 0.29) is 71.7 Å². The minimum Gasteiger partial charge on any atom is -0.463 e. The highest BCUT2D eigenvalue weighted by Gasteiger charge is 2.73. The molecule has 0 unspecified atom stereocenters. The van der Waals surface area contributed by atoms with Crippen LogP contribution in [-0.2, 0) is 44.2 Å². The molecule has 4 saturated carbocycles. The van der Waals surface area contributed by atoms with E-state index in [0.717, 1.165) is 19.3 Å². The van der Waals surface area contributed by atoms with Crippen molar-refractivity contribution in [2.75, 3.05) is 0 Å². The summed E-state index contributed by atoms with van der Waals surface area (Å²) in [5.74, 6) is -1.26. The van der Waals surface area contributed by atoms with Crippen LogP contribution in [0, 0.1) is 46.3 Å². The molecule has 5 fully saturated rings. The second-order valence-corrected chi connectivity index (χ2v) is 17.2. The maximum absolute atomic E-state index is 15.0. The first-order chi connectivity index (χ1) is 20.8. The van der Waals surface area contributed by atoms with Crippen LogP contribution in [0.2, 0.25) is 0 Å². The van der Waals surface area contributed by atoms with Crippen molar-refractivity contribution in [3.05, 3.63) is 35.9 Å². The molecule has 0 aromatic heterocycles. The highest BCUT2D eigenvalue weighted by Crippen LogP contribution is 2.70. The molecule has 1 aromatic carbocycles. The van der Waals surface area contributed by atoms with Crippen LogP contribution in [0.15, 0.2) is 30.3 Å². The van der Waals surface area contributed by atoms with Gasteiger partial charge in [-0.1, -0.05) is 51.1 Å². The monoisotopic (exact) mass is 628 g/mol. The number of benzene rings is 1. The zero-order valence-electron chi connectivity index (χ0n) is 26.7. The van der Waals surface area contributed by atoms with Gasteiger partial charge in [0, 0.05) is 31.6 Å². The number of carbonyl (C=O) groups is 3. The molecule has 1 saturated heterocycles. The van der Waals surface area contributed by atoms with Crippen molar-refractivity contribution >= 4 is 27.7 Å². The smallest absolute Gasteiger partial charge is 0.306 e. The van der Waals surface area contributed by atoms with Crippen molar-refractivity contribution in [2.24, 2.45) is 46.3 Å². The molecular formula is C35H48O8S. The predicted octanol–water partition coefficient (Wildman–Crippen LogP) is 5.66. The molecule has 0 bridgehead atoms. The maximum Gasteiger partial charge on any atom is 0.306 e. The van der Waals surface area contributed by atoms with Crippen molar-refractivity contribution in [2.45, 2.75) is 115 Å². The second kappa shape index (κ2) is 11.4. The normalized spacial score (nSPS) is 43.2. The highest BCUT2D eigenvalue weighted by molar-refractivity contribution is 7.91. The van der Waals surface area contributed by atoms with Crippen molar-refractivity contribution in [1.82, 2.24) is 0 Å². The number of sulfone groups is 1. The van der Waals surface area contributed by atoms with Gasteiger partial charge >= 0.3 is 17.9 Å². The largest absolute Gasteiger partial charge is 0.463 e. The van der Waals surface area contributed by atoms with Crippen LogP contribution in [-0.4, -0.2) is 49.9 Å². The van der Waals surface area contributed by atoms with Gasteiger partial charge in [0.2, 0.25) is 0 Å². The summed E-state index contributed by atoms with van der Waals surface area (Å²) in [6.07, 6.45) is 3.86. The minimum absolute atomic E-state index is 0.0228. The van der Waals surface area contributed by atoms with E-state index in [2.05, 4.69) is 20.8 Å². The summed E-state index contributed by atoms with van der Waals surface area (Å²) in [6.45, 7) is 9.43. The van der Waals surface area contributed by atoms with Crippen LogP contribution in [0.25, 0.3) is 0 Å². The van der Waals surface area contributed by atoms with Crippen LogP contribution in [0.4, 0.5) is 0 Å². The molecule has 9 heteroatoms. The molecule has 8 nitrogen and oxygen atoms in total. The third-order valence-electron chi connectivity index (χ3n) is 12.7. The lowest BCUT2D eigenvalue weighted by Crippen LogP contribution is -2.71. The summed E-state index contributed by atoms with van der Waals surface area (Å²) in [5.41, 5.74) is -0.300. The van der Waals surface area contributed by atoms with Crippen LogP contribution in [0.3, 0.4) is 0 Å². The van der Waals surface area contributed by atoms with Gasteiger partial charge in [-0.2, -0.15) is 0 Å². The Bertz CT molecular complexity index is 1390. The number of esters is 3.